The SMILES string of the molecule is CN(C)Cc1ccc([C@@H]2CCCN2S(=O)(=O)c2cccs2)nc1. The predicted molar refractivity (Wildman–Crippen MR) is 91.8 cm³/mol. The normalized spacial score (nSPS) is 19.5. The lowest BCUT2D eigenvalue weighted by Crippen LogP contribution is -2.30. The molecule has 3 rings (SSSR count). The van der Waals surface area contributed by atoms with Gasteiger partial charge in [0, 0.05) is 19.3 Å². The molecule has 0 amide bonds. The van der Waals surface area contributed by atoms with Crippen molar-refractivity contribution in [3.05, 3.63) is 47.1 Å². The Kier molecular flexibility index (Phi) is 4.82. The van der Waals surface area contributed by atoms with Gasteiger partial charge in [0.1, 0.15) is 4.21 Å². The molecule has 124 valence electrons. The average molecular weight is 351 g/mol. The fourth-order valence-electron chi connectivity index (χ4n) is 2.94. The zero-order chi connectivity index (χ0) is 16.4. The van der Waals surface area contributed by atoms with Gasteiger partial charge in [-0.1, -0.05) is 12.1 Å². The van der Waals surface area contributed by atoms with Crippen molar-refractivity contribution in [3.63, 3.8) is 0 Å². The van der Waals surface area contributed by atoms with Crippen molar-refractivity contribution in [1.82, 2.24) is 14.2 Å². The van der Waals surface area contributed by atoms with Crippen molar-refractivity contribution in [2.45, 2.75) is 29.6 Å². The Morgan fingerprint density at radius 2 is 2.17 bits per heavy atom. The summed E-state index contributed by atoms with van der Waals surface area (Å²) < 4.78 is 27.6. The van der Waals surface area contributed by atoms with Gasteiger partial charge in [0.2, 0.25) is 0 Å². The maximum absolute atomic E-state index is 12.8. The van der Waals surface area contributed by atoms with E-state index in [4.69, 9.17) is 0 Å². The van der Waals surface area contributed by atoms with E-state index in [1.807, 2.05) is 32.4 Å². The molecule has 5 nitrogen and oxygen atoms in total. The molecule has 1 fully saturated rings. The highest BCUT2D eigenvalue weighted by Gasteiger charge is 2.37. The molecule has 0 aromatic carbocycles. The van der Waals surface area contributed by atoms with Crippen LogP contribution in [0.25, 0.3) is 0 Å². The van der Waals surface area contributed by atoms with Crippen molar-refractivity contribution in [3.8, 4) is 0 Å². The van der Waals surface area contributed by atoms with E-state index in [0.717, 1.165) is 30.6 Å². The Labute approximate surface area is 141 Å². The summed E-state index contributed by atoms with van der Waals surface area (Å²) in [4.78, 5) is 6.61. The van der Waals surface area contributed by atoms with Crippen LogP contribution in [0.3, 0.4) is 0 Å². The Morgan fingerprint density at radius 1 is 1.35 bits per heavy atom. The van der Waals surface area contributed by atoms with E-state index in [0.29, 0.717) is 10.8 Å². The van der Waals surface area contributed by atoms with E-state index < -0.39 is 10.0 Å². The quantitative estimate of drug-likeness (QED) is 0.831. The van der Waals surface area contributed by atoms with E-state index >= 15 is 0 Å². The lowest BCUT2D eigenvalue weighted by molar-refractivity contribution is 0.389. The van der Waals surface area contributed by atoms with E-state index in [1.165, 1.54) is 11.3 Å². The highest BCUT2D eigenvalue weighted by Crippen LogP contribution is 2.36. The number of hydrogen-bond acceptors (Lipinski definition) is 5. The number of rotatable bonds is 5. The van der Waals surface area contributed by atoms with Crippen LogP contribution in [0.2, 0.25) is 0 Å². The van der Waals surface area contributed by atoms with E-state index in [-0.39, 0.29) is 6.04 Å². The van der Waals surface area contributed by atoms with Gasteiger partial charge in [-0.25, -0.2) is 8.42 Å². The van der Waals surface area contributed by atoms with Gasteiger partial charge >= 0.3 is 0 Å². The van der Waals surface area contributed by atoms with Crippen LogP contribution in [0, 0.1) is 0 Å². The van der Waals surface area contributed by atoms with Crippen LogP contribution in [0.5, 0.6) is 0 Å². The summed E-state index contributed by atoms with van der Waals surface area (Å²) in [7, 11) is 0.610. The third-order valence-corrected chi connectivity index (χ3v) is 7.23. The minimum atomic E-state index is -3.42. The van der Waals surface area contributed by atoms with E-state index in [1.54, 1.807) is 21.8 Å². The molecule has 0 N–H and O–H groups in total. The first-order chi connectivity index (χ1) is 11.0. The van der Waals surface area contributed by atoms with Crippen molar-refractivity contribution in [1.29, 1.82) is 0 Å². The molecule has 0 spiro atoms. The minimum absolute atomic E-state index is 0.157. The monoisotopic (exact) mass is 351 g/mol. The summed E-state index contributed by atoms with van der Waals surface area (Å²) in [6, 6.07) is 7.29. The average Bonchev–Trinajstić information content (AvgIpc) is 3.19. The molecule has 0 bridgehead atoms. The Morgan fingerprint density at radius 3 is 2.78 bits per heavy atom. The van der Waals surface area contributed by atoms with Gasteiger partial charge in [0.25, 0.3) is 10.0 Å². The van der Waals surface area contributed by atoms with Crippen LogP contribution in [0.4, 0.5) is 0 Å². The second kappa shape index (κ2) is 6.68. The van der Waals surface area contributed by atoms with E-state index in [2.05, 4.69) is 9.88 Å². The summed E-state index contributed by atoms with van der Waals surface area (Å²) in [5.74, 6) is 0. The van der Waals surface area contributed by atoms with Gasteiger partial charge in [-0.2, -0.15) is 4.31 Å². The smallest absolute Gasteiger partial charge is 0.253 e. The molecule has 1 atom stereocenters. The van der Waals surface area contributed by atoms with Crippen LogP contribution in [0.1, 0.15) is 30.1 Å². The van der Waals surface area contributed by atoms with Gasteiger partial charge in [0.05, 0.1) is 11.7 Å². The molecule has 2 aromatic heterocycles. The van der Waals surface area contributed by atoms with Crippen molar-refractivity contribution >= 4 is 21.4 Å². The standard InChI is InChI=1S/C16H21N3O2S2/c1-18(2)12-13-7-8-14(17-11-13)15-5-3-9-19(15)23(20,21)16-6-4-10-22-16/h4,6-8,10-11,15H,3,5,9,12H2,1-2H3/t15-/m0/s1. The van der Waals surface area contributed by atoms with Crippen LogP contribution >= 0.6 is 11.3 Å². The summed E-state index contributed by atoms with van der Waals surface area (Å²) in [5.41, 5.74) is 1.97. The molecule has 1 aliphatic rings. The second-order valence-electron chi connectivity index (χ2n) is 6.03. The molecular formula is C16H21N3O2S2. The first-order valence-corrected chi connectivity index (χ1v) is 9.95. The van der Waals surface area contributed by atoms with Crippen LogP contribution in [-0.2, 0) is 16.6 Å². The van der Waals surface area contributed by atoms with Gasteiger partial charge in [-0.3, -0.25) is 4.98 Å². The zero-order valence-electron chi connectivity index (χ0n) is 13.3. The number of sulfonamides is 1. The maximum atomic E-state index is 12.8. The Balaban J connectivity index is 1.84. The summed E-state index contributed by atoms with van der Waals surface area (Å²) in [5, 5.41) is 1.80. The number of aromatic nitrogens is 1. The summed E-state index contributed by atoms with van der Waals surface area (Å²) >= 11 is 1.27. The fraction of sp³-hybridized carbons (Fsp3) is 0.438. The van der Waals surface area contributed by atoms with Gasteiger partial charge in [-0.05, 0) is 50.0 Å². The highest BCUT2D eigenvalue weighted by molar-refractivity contribution is 7.91. The molecule has 3 heterocycles. The predicted octanol–water partition coefficient (Wildman–Crippen LogP) is 2.73. The van der Waals surface area contributed by atoms with Gasteiger partial charge in [0.15, 0.2) is 0 Å². The fourth-order valence-corrected chi connectivity index (χ4v) is 5.73. The molecule has 0 radical (unpaired) electrons. The molecule has 0 aliphatic carbocycles. The molecule has 23 heavy (non-hydrogen) atoms. The molecule has 1 saturated heterocycles. The number of pyridine rings is 1. The molecule has 2 aromatic rings. The molecule has 0 saturated carbocycles. The third-order valence-electron chi connectivity index (χ3n) is 3.95. The largest absolute Gasteiger partial charge is 0.305 e. The van der Waals surface area contributed by atoms with Crippen molar-refractivity contribution in [2.24, 2.45) is 0 Å². The van der Waals surface area contributed by atoms with E-state index in [9.17, 15) is 8.42 Å². The first kappa shape index (κ1) is 16.6. The first-order valence-electron chi connectivity index (χ1n) is 7.63. The van der Waals surface area contributed by atoms with Gasteiger partial charge < -0.3 is 4.90 Å². The second-order valence-corrected chi connectivity index (χ2v) is 9.10. The molecule has 7 heteroatoms. The van der Waals surface area contributed by atoms with Crippen molar-refractivity contribution in [2.75, 3.05) is 20.6 Å². The molecule has 0 unspecified atom stereocenters. The number of thiophene rings is 1. The van der Waals surface area contributed by atoms with Crippen LogP contribution < -0.4 is 0 Å². The third kappa shape index (κ3) is 3.47. The summed E-state index contributed by atoms with van der Waals surface area (Å²) in [6.45, 7) is 1.39. The maximum Gasteiger partial charge on any atom is 0.253 e. The van der Waals surface area contributed by atoms with Crippen molar-refractivity contribution < 1.29 is 8.42 Å². The number of hydrogen-bond donors (Lipinski definition) is 0. The zero-order valence-corrected chi connectivity index (χ0v) is 15.0. The van der Waals surface area contributed by atoms with Crippen LogP contribution in [-0.4, -0.2) is 43.2 Å². The Hall–Kier alpha value is -1.28. The minimum Gasteiger partial charge on any atom is -0.305 e. The molecule has 1 aliphatic heterocycles. The highest BCUT2D eigenvalue weighted by atomic mass is 32.2. The van der Waals surface area contributed by atoms with Gasteiger partial charge in [-0.15, -0.1) is 11.3 Å². The molecular weight excluding hydrogens is 330 g/mol. The number of nitrogens with zero attached hydrogens (tertiary/aromatic N) is 3. The lowest BCUT2D eigenvalue weighted by Gasteiger charge is -2.23. The Bertz CT molecular complexity index is 740. The lowest BCUT2D eigenvalue weighted by atomic mass is 10.1. The topological polar surface area (TPSA) is 53.5 Å². The van der Waals surface area contributed by atoms with Crippen LogP contribution in [0.15, 0.2) is 40.1 Å². The summed E-state index contributed by atoms with van der Waals surface area (Å²) in [6.07, 6.45) is 3.55.